The van der Waals surface area contributed by atoms with Gasteiger partial charge in [0.25, 0.3) is 0 Å². The van der Waals surface area contributed by atoms with Gasteiger partial charge in [-0.05, 0) is 0 Å². The third-order valence-electron chi connectivity index (χ3n) is 1.29. The highest BCUT2D eigenvalue weighted by Gasteiger charge is 2.16. The van der Waals surface area contributed by atoms with Gasteiger partial charge >= 0.3 is 11.9 Å². The quantitative estimate of drug-likeness (QED) is 0.287. The molecular weight excluding hydrogens is 228 g/mol. The van der Waals surface area contributed by atoms with Crippen molar-refractivity contribution in [3.63, 3.8) is 0 Å². The third-order valence-corrected chi connectivity index (χ3v) is 2.63. The molecule has 0 aromatic heterocycles. The molecule has 0 bridgehead atoms. The van der Waals surface area contributed by atoms with E-state index in [-0.39, 0.29) is 11.5 Å². The normalized spacial score (nSPS) is 14.7. The van der Waals surface area contributed by atoms with E-state index in [9.17, 15) is 9.59 Å². The van der Waals surface area contributed by atoms with Gasteiger partial charge < -0.3 is 15.9 Å². The lowest BCUT2D eigenvalue weighted by molar-refractivity contribution is -0.138. The first-order valence-electron chi connectivity index (χ1n) is 3.68. The van der Waals surface area contributed by atoms with Crippen LogP contribution in [0, 0.1) is 0 Å². The molecule has 5 N–H and O–H groups in total. The number of nitrogens with two attached hydrogens (primary N) is 1. The van der Waals surface area contributed by atoms with Crippen LogP contribution in [0.4, 0.5) is 0 Å². The Morgan fingerprint density at radius 2 is 2.00 bits per heavy atom. The SMILES string of the molecule is N[C@@H](CSN[C@H](CS)C(=O)O)C(=O)O. The van der Waals surface area contributed by atoms with E-state index in [4.69, 9.17) is 15.9 Å². The van der Waals surface area contributed by atoms with Crippen molar-refractivity contribution in [2.75, 3.05) is 11.5 Å². The molecule has 82 valence electrons. The molecule has 0 aromatic rings. The van der Waals surface area contributed by atoms with E-state index in [1.54, 1.807) is 0 Å². The van der Waals surface area contributed by atoms with E-state index >= 15 is 0 Å². The molecular formula is C6H12N2O4S2. The fraction of sp³-hybridized carbons (Fsp3) is 0.667. The second kappa shape index (κ2) is 6.93. The summed E-state index contributed by atoms with van der Waals surface area (Å²) < 4.78 is 2.55. The van der Waals surface area contributed by atoms with E-state index < -0.39 is 24.0 Å². The van der Waals surface area contributed by atoms with Crippen LogP contribution in [0.3, 0.4) is 0 Å². The van der Waals surface area contributed by atoms with Crippen LogP contribution in [0.2, 0.25) is 0 Å². The molecule has 0 unspecified atom stereocenters. The first-order valence-corrected chi connectivity index (χ1v) is 5.30. The Hall–Kier alpha value is -0.440. The van der Waals surface area contributed by atoms with Crippen molar-refractivity contribution in [1.82, 2.24) is 4.72 Å². The Labute approximate surface area is 90.8 Å². The minimum absolute atomic E-state index is 0.104. The fourth-order valence-electron chi connectivity index (χ4n) is 0.476. The van der Waals surface area contributed by atoms with E-state index in [1.807, 2.05) is 0 Å². The number of rotatable bonds is 7. The second-order valence-corrected chi connectivity index (χ2v) is 3.67. The highest BCUT2D eigenvalue weighted by molar-refractivity contribution is 7.97. The number of hydrogen-bond donors (Lipinski definition) is 5. The summed E-state index contributed by atoms with van der Waals surface area (Å²) in [5.41, 5.74) is 5.19. The summed E-state index contributed by atoms with van der Waals surface area (Å²) in [7, 11) is 0. The largest absolute Gasteiger partial charge is 0.480 e. The van der Waals surface area contributed by atoms with Gasteiger partial charge in [-0.1, -0.05) is 11.9 Å². The molecule has 0 saturated heterocycles. The molecule has 2 atom stereocenters. The van der Waals surface area contributed by atoms with Gasteiger partial charge in [-0.2, -0.15) is 12.6 Å². The monoisotopic (exact) mass is 240 g/mol. The van der Waals surface area contributed by atoms with Crippen LogP contribution in [0.15, 0.2) is 0 Å². The van der Waals surface area contributed by atoms with Crippen LogP contribution in [0.25, 0.3) is 0 Å². The Morgan fingerprint density at radius 1 is 1.43 bits per heavy atom. The Balaban J connectivity index is 3.71. The lowest BCUT2D eigenvalue weighted by atomic mass is 10.4. The van der Waals surface area contributed by atoms with E-state index in [0.717, 1.165) is 11.9 Å². The molecule has 0 aromatic carbocycles. The number of hydrogen-bond acceptors (Lipinski definition) is 6. The van der Waals surface area contributed by atoms with E-state index in [0.29, 0.717) is 0 Å². The number of thiol groups is 1. The molecule has 0 amide bonds. The molecule has 0 spiro atoms. The molecule has 8 heteroatoms. The van der Waals surface area contributed by atoms with Crippen molar-refractivity contribution < 1.29 is 19.8 Å². The molecule has 14 heavy (non-hydrogen) atoms. The lowest BCUT2D eigenvalue weighted by Crippen LogP contribution is -2.38. The maximum absolute atomic E-state index is 10.5. The number of carboxylic acids is 2. The predicted octanol–water partition coefficient (Wildman–Crippen LogP) is -0.981. The van der Waals surface area contributed by atoms with Gasteiger partial charge in [0.1, 0.15) is 12.1 Å². The molecule has 0 saturated carbocycles. The van der Waals surface area contributed by atoms with Crippen molar-refractivity contribution in [1.29, 1.82) is 0 Å². The second-order valence-electron chi connectivity index (χ2n) is 2.45. The number of carbonyl (C=O) groups is 2. The highest BCUT2D eigenvalue weighted by atomic mass is 32.2. The predicted molar refractivity (Wildman–Crippen MR) is 56.5 cm³/mol. The summed E-state index contributed by atoms with van der Waals surface area (Å²) in [6.07, 6.45) is 0. The first kappa shape index (κ1) is 13.6. The third kappa shape index (κ3) is 5.32. The van der Waals surface area contributed by atoms with E-state index in [1.165, 1.54) is 0 Å². The van der Waals surface area contributed by atoms with Gasteiger partial charge in [0.2, 0.25) is 0 Å². The summed E-state index contributed by atoms with van der Waals surface area (Å²) in [6, 6.07) is -1.80. The van der Waals surface area contributed by atoms with Crippen molar-refractivity contribution in [3.05, 3.63) is 0 Å². The number of aliphatic carboxylic acids is 2. The van der Waals surface area contributed by atoms with Crippen molar-refractivity contribution >= 4 is 36.5 Å². The zero-order valence-corrected chi connectivity index (χ0v) is 8.92. The smallest absolute Gasteiger partial charge is 0.322 e. The van der Waals surface area contributed by atoms with Crippen LogP contribution >= 0.6 is 24.6 Å². The molecule has 0 aliphatic rings. The first-order chi connectivity index (χ1) is 6.49. The molecule has 0 heterocycles. The maximum Gasteiger partial charge on any atom is 0.322 e. The minimum atomic E-state index is -1.11. The van der Waals surface area contributed by atoms with Gasteiger partial charge in [-0.3, -0.25) is 9.59 Å². The van der Waals surface area contributed by atoms with Gasteiger partial charge in [-0.25, -0.2) is 4.72 Å². The van der Waals surface area contributed by atoms with Crippen LogP contribution in [0.5, 0.6) is 0 Å². The lowest BCUT2D eigenvalue weighted by Gasteiger charge is -2.11. The zero-order chi connectivity index (χ0) is 11.1. The van der Waals surface area contributed by atoms with Crippen LogP contribution in [-0.4, -0.2) is 45.7 Å². The van der Waals surface area contributed by atoms with Crippen LogP contribution in [0.1, 0.15) is 0 Å². The topological polar surface area (TPSA) is 113 Å². The van der Waals surface area contributed by atoms with Gasteiger partial charge in [-0.15, -0.1) is 0 Å². The van der Waals surface area contributed by atoms with Crippen LogP contribution in [-0.2, 0) is 9.59 Å². The number of nitrogens with one attached hydrogen (secondary N) is 1. The number of carboxylic acid groups (broad SMARTS) is 2. The van der Waals surface area contributed by atoms with Crippen molar-refractivity contribution in [2.45, 2.75) is 12.1 Å². The highest BCUT2D eigenvalue weighted by Crippen LogP contribution is 2.00. The Morgan fingerprint density at radius 3 is 2.36 bits per heavy atom. The Bertz CT molecular complexity index is 214. The fourth-order valence-corrected chi connectivity index (χ4v) is 1.65. The van der Waals surface area contributed by atoms with Gasteiger partial charge in [0.15, 0.2) is 0 Å². The van der Waals surface area contributed by atoms with Gasteiger partial charge in [0.05, 0.1) is 0 Å². The zero-order valence-electron chi connectivity index (χ0n) is 7.21. The molecule has 0 aliphatic carbocycles. The maximum atomic E-state index is 10.5. The Kier molecular flexibility index (Phi) is 6.71. The van der Waals surface area contributed by atoms with Crippen molar-refractivity contribution in [3.8, 4) is 0 Å². The van der Waals surface area contributed by atoms with Gasteiger partial charge in [0, 0.05) is 11.5 Å². The molecule has 0 aliphatic heterocycles. The standard InChI is InChI=1S/C6H12N2O4S2/c7-3(5(9)10)2-14-8-4(1-13)6(11)12/h3-4,8,13H,1-2,7H2,(H,9,10)(H,11,12)/t3-,4+/m0/s1. The average Bonchev–Trinajstić information content (AvgIpc) is 2.11. The summed E-state index contributed by atoms with van der Waals surface area (Å²) in [6.45, 7) is 0. The van der Waals surface area contributed by atoms with Crippen molar-refractivity contribution in [2.24, 2.45) is 5.73 Å². The summed E-state index contributed by atoms with van der Waals surface area (Å²) >= 11 is 4.78. The molecule has 0 rings (SSSR count). The molecule has 6 nitrogen and oxygen atoms in total. The van der Waals surface area contributed by atoms with Crippen LogP contribution < -0.4 is 10.5 Å². The van der Waals surface area contributed by atoms with E-state index in [2.05, 4.69) is 17.4 Å². The summed E-state index contributed by atoms with van der Waals surface area (Å²) in [4.78, 5) is 20.7. The molecule has 0 fully saturated rings. The summed E-state index contributed by atoms with van der Waals surface area (Å²) in [5.74, 6) is -1.91. The average molecular weight is 240 g/mol. The summed E-state index contributed by atoms with van der Waals surface area (Å²) in [5, 5.41) is 17.0. The molecule has 0 radical (unpaired) electrons. The minimum Gasteiger partial charge on any atom is -0.480 e.